The third-order valence-corrected chi connectivity index (χ3v) is 3.61. The molecule has 0 aliphatic carbocycles. The Morgan fingerprint density at radius 2 is 1.88 bits per heavy atom. The summed E-state index contributed by atoms with van der Waals surface area (Å²) in [5.74, 6) is -0.0174. The number of rotatable bonds is 2. The summed E-state index contributed by atoms with van der Waals surface area (Å²) in [7, 11) is 0. The van der Waals surface area contributed by atoms with Crippen molar-refractivity contribution in [3.05, 3.63) is 58.5 Å². The first-order valence-electron chi connectivity index (χ1n) is 7.40. The van der Waals surface area contributed by atoms with Gasteiger partial charge in [-0.15, -0.1) is 0 Å². The minimum atomic E-state index is -4.75. The molecule has 0 aromatic heterocycles. The number of hydrazine groups is 1. The van der Waals surface area contributed by atoms with E-state index in [0.717, 1.165) is 5.56 Å². The molecule has 1 unspecified atom stereocenters. The van der Waals surface area contributed by atoms with Crippen molar-refractivity contribution in [1.82, 2.24) is 10.4 Å². The maximum absolute atomic E-state index is 12.8. The average molecular weight is 360 g/mol. The smallest absolute Gasteiger partial charge is 0.379 e. The predicted molar refractivity (Wildman–Crippen MR) is 87.2 cm³/mol. The SMILES string of the molecule is CC.OC(C1=C2N=C(c3ccccc3)C=C(Cl)N2NC1)C(F)(F)F. The van der Waals surface area contributed by atoms with Crippen molar-refractivity contribution in [3.8, 4) is 0 Å². The van der Waals surface area contributed by atoms with E-state index in [1.165, 1.54) is 5.01 Å². The van der Waals surface area contributed by atoms with Crippen molar-refractivity contribution in [3.63, 3.8) is 0 Å². The number of aliphatic imine (C=N–C) groups is 1. The van der Waals surface area contributed by atoms with E-state index in [4.69, 9.17) is 11.6 Å². The summed E-state index contributed by atoms with van der Waals surface area (Å²) in [6.45, 7) is 3.83. The first-order chi connectivity index (χ1) is 11.4. The van der Waals surface area contributed by atoms with Crippen LogP contribution in [0.15, 0.2) is 58.0 Å². The number of hydrogen-bond acceptors (Lipinski definition) is 4. The molecule has 3 rings (SSSR count). The van der Waals surface area contributed by atoms with Crippen LogP contribution in [0, 0.1) is 0 Å². The van der Waals surface area contributed by atoms with Gasteiger partial charge in [-0.05, 0) is 0 Å². The van der Waals surface area contributed by atoms with Crippen LogP contribution in [0.4, 0.5) is 13.2 Å². The average Bonchev–Trinajstić information content (AvgIpc) is 3.00. The highest BCUT2D eigenvalue weighted by Gasteiger charge is 2.45. The fraction of sp³-hybridized carbons (Fsp3) is 0.312. The Hall–Kier alpha value is -1.83. The molecule has 2 N–H and O–H groups in total. The van der Waals surface area contributed by atoms with E-state index in [2.05, 4.69) is 10.4 Å². The number of hydrogen-bond donors (Lipinski definition) is 2. The highest BCUT2D eigenvalue weighted by molar-refractivity contribution is 6.32. The molecule has 0 radical (unpaired) electrons. The topological polar surface area (TPSA) is 47.9 Å². The predicted octanol–water partition coefficient (Wildman–Crippen LogP) is 3.55. The summed E-state index contributed by atoms with van der Waals surface area (Å²) >= 11 is 6.09. The summed E-state index contributed by atoms with van der Waals surface area (Å²) in [6, 6.07) is 8.95. The van der Waals surface area contributed by atoms with Crippen LogP contribution < -0.4 is 5.43 Å². The molecule has 24 heavy (non-hydrogen) atoms. The van der Waals surface area contributed by atoms with E-state index < -0.39 is 12.3 Å². The Morgan fingerprint density at radius 3 is 2.46 bits per heavy atom. The quantitative estimate of drug-likeness (QED) is 0.794. The van der Waals surface area contributed by atoms with Crippen molar-refractivity contribution in [1.29, 1.82) is 0 Å². The zero-order valence-corrected chi connectivity index (χ0v) is 13.9. The Morgan fingerprint density at radius 1 is 1.25 bits per heavy atom. The van der Waals surface area contributed by atoms with Crippen LogP contribution in [0.1, 0.15) is 19.4 Å². The Kier molecular flexibility index (Phi) is 5.69. The minimum Gasteiger partial charge on any atom is -0.379 e. The van der Waals surface area contributed by atoms with Gasteiger partial charge in [-0.3, -0.25) is 0 Å². The number of aliphatic hydroxyl groups is 1. The second-order valence-electron chi connectivity index (χ2n) is 4.79. The zero-order valence-electron chi connectivity index (χ0n) is 13.1. The van der Waals surface area contributed by atoms with Gasteiger partial charge in [-0.2, -0.15) is 13.2 Å². The zero-order chi connectivity index (χ0) is 17.9. The minimum absolute atomic E-state index is 0.0174. The molecule has 1 aromatic rings. The largest absolute Gasteiger partial charge is 0.418 e. The number of nitrogens with zero attached hydrogens (tertiary/aromatic N) is 2. The molecule has 2 heterocycles. The van der Waals surface area contributed by atoms with Crippen LogP contribution >= 0.6 is 11.6 Å². The van der Waals surface area contributed by atoms with E-state index in [1.807, 2.05) is 19.9 Å². The molecule has 0 spiro atoms. The maximum Gasteiger partial charge on any atom is 0.418 e. The summed E-state index contributed by atoms with van der Waals surface area (Å²) in [6.07, 6.45) is -5.78. The second kappa shape index (κ2) is 7.38. The van der Waals surface area contributed by atoms with Gasteiger partial charge in [0.15, 0.2) is 11.9 Å². The van der Waals surface area contributed by atoms with Gasteiger partial charge in [0.25, 0.3) is 0 Å². The molecular formula is C16H17ClF3N3O. The number of nitrogens with one attached hydrogen (secondary N) is 1. The lowest BCUT2D eigenvalue weighted by molar-refractivity contribution is -0.191. The van der Waals surface area contributed by atoms with Crippen LogP contribution in [0.5, 0.6) is 0 Å². The summed E-state index contributed by atoms with van der Waals surface area (Å²) in [5.41, 5.74) is 3.58. The lowest BCUT2D eigenvalue weighted by Crippen LogP contribution is -2.32. The highest BCUT2D eigenvalue weighted by atomic mass is 35.5. The molecule has 2 aliphatic heterocycles. The number of allylic oxidation sites excluding steroid dienone is 1. The summed E-state index contributed by atoms with van der Waals surface area (Å²) in [4.78, 5) is 4.22. The lowest BCUT2D eigenvalue weighted by atomic mass is 10.1. The first-order valence-corrected chi connectivity index (χ1v) is 7.78. The first kappa shape index (κ1) is 18.5. The van der Waals surface area contributed by atoms with Gasteiger partial charge in [0.05, 0.1) is 5.71 Å². The van der Waals surface area contributed by atoms with Crippen molar-refractivity contribution >= 4 is 17.3 Å². The lowest BCUT2D eigenvalue weighted by Gasteiger charge is -2.23. The summed E-state index contributed by atoms with van der Waals surface area (Å²) in [5, 5.41) is 10.9. The van der Waals surface area contributed by atoms with Crippen molar-refractivity contribution in [2.45, 2.75) is 26.1 Å². The van der Waals surface area contributed by atoms with E-state index in [9.17, 15) is 18.3 Å². The van der Waals surface area contributed by atoms with Gasteiger partial charge in [-0.1, -0.05) is 55.8 Å². The molecular weight excluding hydrogens is 343 g/mol. The Labute approximate surface area is 142 Å². The molecule has 130 valence electrons. The molecule has 0 saturated heterocycles. The molecule has 4 nitrogen and oxygen atoms in total. The van der Waals surface area contributed by atoms with E-state index in [0.29, 0.717) is 5.71 Å². The molecule has 0 bridgehead atoms. The van der Waals surface area contributed by atoms with Gasteiger partial charge in [0.1, 0.15) is 5.16 Å². The molecule has 2 aliphatic rings. The van der Waals surface area contributed by atoms with Crippen molar-refractivity contribution < 1.29 is 18.3 Å². The third-order valence-electron chi connectivity index (χ3n) is 3.33. The monoisotopic (exact) mass is 359 g/mol. The molecule has 8 heteroatoms. The third kappa shape index (κ3) is 3.63. The standard InChI is InChI=1S/C14H11ClF3N3O.C2H6/c15-11-6-10(8-4-2-1-3-5-8)20-13-9(7-19-21(11)13)12(22)14(16,17)18;1-2/h1-6,12,19,22H,7H2;1-2H3. The van der Waals surface area contributed by atoms with Crippen LogP contribution in [-0.4, -0.2) is 34.7 Å². The second-order valence-corrected chi connectivity index (χ2v) is 5.18. The number of halogens is 4. The molecule has 0 saturated carbocycles. The Bertz CT molecular complexity index is 684. The van der Waals surface area contributed by atoms with Gasteiger partial charge in [-0.25, -0.2) is 15.4 Å². The van der Waals surface area contributed by atoms with E-state index in [1.54, 1.807) is 30.3 Å². The van der Waals surface area contributed by atoms with Crippen LogP contribution in [-0.2, 0) is 0 Å². The fourth-order valence-corrected chi connectivity index (χ4v) is 2.50. The van der Waals surface area contributed by atoms with Crippen molar-refractivity contribution in [2.24, 2.45) is 4.99 Å². The molecule has 0 amide bonds. The van der Waals surface area contributed by atoms with Gasteiger partial charge < -0.3 is 5.11 Å². The van der Waals surface area contributed by atoms with Gasteiger partial charge in [0, 0.05) is 23.8 Å². The Balaban J connectivity index is 0.00000100. The summed E-state index contributed by atoms with van der Waals surface area (Å²) < 4.78 is 38.3. The molecule has 1 aromatic carbocycles. The number of benzene rings is 1. The van der Waals surface area contributed by atoms with Gasteiger partial charge >= 0.3 is 6.18 Å². The van der Waals surface area contributed by atoms with Crippen LogP contribution in [0.25, 0.3) is 0 Å². The highest BCUT2D eigenvalue weighted by Crippen LogP contribution is 2.34. The molecule has 1 atom stereocenters. The van der Waals surface area contributed by atoms with E-state index >= 15 is 0 Å². The maximum atomic E-state index is 12.8. The number of alkyl halides is 3. The normalized spacial score (nSPS) is 18.4. The van der Waals surface area contributed by atoms with E-state index in [-0.39, 0.29) is 23.1 Å². The van der Waals surface area contributed by atoms with Crippen molar-refractivity contribution in [2.75, 3.05) is 6.54 Å². The fourth-order valence-electron chi connectivity index (χ4n) is 2.26. The number of fused-ring (bicyclic) bond motifs is 1. The van der Waals surface area contributed by atoms with Crippen LogP contribution in [0.2, 0.25) is 0 Å². The number of aliphatic hydroxyl groups excluding tert-OH is 1. The van der Waals surface area contributed by atoms with Gasteiger partial charge in [0.2, 0.25) is 0 Å². The molecule has 0 fully saturated rings. The van der Waals surface area contributed by atoms with Crippen LogP contribution in [0.3, 0.4) is 0 Å².